The first-order valence-electron chi connectivity index (χ1n) is 12.6. The summed E-state index contributed by atoms with van der Waals surface area (Å²) >= 11 is 0. The Morgan fingerprint density at radius 2 is 1.95 bits per heavy atom. The topological polar surface area (TPSA) is 92.6 Å². The second-order valence-corrected chi connectivity index (χ2v) is 9.41. The summed E-state index contributed by atoms with van der Waals surface area (Å²) in [5, 5.41) is 4.40. The van der Waals surface area contributed by atoms with E-state index in [1.807, 2.05) is 30.3 Å². The standard InChI is InChI=1S/C28H32N6O3/c1-29-28(36)23-18-26(35)34(24-17-21(37-3)7-8-22(23)24)16-15-33-13-10-20(11-14-33)32(2)25-9-6-19-5-4-12-30-27(19)31-25/h4-9,12,17-18,20H,10-11,13-16H2,1-3H3,(H,29,36). The summed E-state index contributed by atoms with van der Waals surface area (Å²) in [6, 6.07) is 15.4. The van der Waals surface area contributed by atoms with E-state index >= 15 is 0 Å². The Balaban J connectivity index is 1.28. The minimum absolute atomic E-state index is 0.190. The third-order valence-corrected chi connectivity index (χ3v) is 7.35. The largest absolute Gasteiger partial charge is 0.497 e. The smallest absolute Gasteiger partial charge is 0.251 e. The number of ether oxygens (including phenoxy) is 1. The molecule has 1 N–H and O–H groups in total. The molecule has 9 nitrogen and oxygen atoms in total. The number of aromatic nitrogens is 3. The van der Waals surface area contributed by atoms with Crippen molar-refractivity contribution in [1.29, 1.82) is 0 Å². The number of hydrogen-bond donors (Lipinski definition) is 1. The maximum absolute atomic E-state index is 13.0. The summed E-state index contributed by atoms with van der Waals surface area (Å²) in [7, 11) is 5.26. The quantitative estimate of drug-likeness (QED) is 0.417. The number of fused-ring (bicyclic) bond motifs is 2. The molecule has 192 valence electrons. The first kappa shape index (κ1) is 24.7. The van der Waals surface area contributed by atoms with Crippen molar-refractivity contribution in [3.05, 3.63) is 70.6 Å². The molecular formula is C28H32N6O3. The molecule has 0 unspecified atom stereocenters. The summed E-state index contributed by atoms with van der Waals surface area (Å²) in [6.45, 7) is 3.16. The van der Waals surface area contributed by atoms with Crippen molar-refractivity contribution in [3.63, 3.8) is 0 Å². The highest BCUT2D eigenvalue weighted by molar-refractivity contribution is 6.06. The summed E-state index contributed by atoms with van der Waals surface area (Å²) in [5.74, 6) is 1.31. The van der Waals surface area contributed by atoms with Crippen LogP contribution in [0.4, 0.5) is 5.82 Å². The molecule has 1 fully saturated rings. The van der Waals surface area contributed by atoms with Gasteiger partial charge in [0, 0.05) is 75.4 Å². The minimum Gasteiger partial charge on any atom is -0.497 e. The van der Waals surface area contributed by atoms with Gasteiger partial charge in [-0.05, 0) is 49.2 Å². The lowest BCUT2D eigenvalue weighted by atomic mass is 10.0. The van der Waals surface area contributed by atoms with Crippen molar-refractivity contribution < 1.29 is 9.53 Å². The molecule has 1 aromatic carbocycles. The van der Waals surface area contributed by atoms with Crippen molar-refractivity contribution in [3.8, 4) is 5.75 Å². The van der Waals surface area contributed by atoms with Gasteiger partial charge in [-0.1, -0.05) is 0 Å². The number of methoxy groups -OCH3 is 1. The Labute approximate surface area is 215 Å². The van der Waals surface area contributed by atoms with Crippen LogP contribution in [0.15, 0.2) is 59.5 Å². The van der Waals surface area contributed by atoms with E-state index in [-0.39, 0.29) is 11.5 Å². The predicted molar refractivity (Wildman–Crippen MR) is 146 cm³/mol. The SMILES string of the molecule is CNC(=O)c1cc(=O)n(CCN2CCC(N(C)c3ccc4cccnc4n3)CC2)c2cc(OC)ccc12. The maximum atomic E-state index is 13.0. The number of carbonyl (C=O) groups is 1. The normalized spacial score (nSPS) is 14.7. The predicted octanol–water partition coefficient (Wildman–Crippen LogP) is 2.91. The molecule has 0 saturated carbocycles. The first-order chi connectivity index (χ1) is 18.0. The summed E-state index contributed by atoms with van der Waals surface area (Å²) in [6.07, 6.45) is 3.79. The molecule has 4 heterocycles. The number of amides is 1. The molecule has 0 aliphatic carbocycles. The molecule has 0 atom stereocenters. The molecule has 1 saturated heterocycles. The molecule has 5 rings (SSSR count). The lowest BCUT2D eigenvalue weighted by molar-refractivity contribution is 0.0964. The van der Waals surface area contributed by atoms with Gasteiger partial charge in [0.2, 0.25) is 0 Å². The van der Waals surface area contributed by atoms with Crippen LogP contribution in [0.1, 0.15) is 23.2 Å². The number of anilines is 1. The van der Waals surface area contributed by atoms with Gasteiger partial charge in [-0.3, -0.25) is 9.59 Å². The first-order valence-corrected chi connectivity index (χ1v) is 12.6. The van der Waals surface area contributed by atoms with E-state index < -0.39 is 0 Å². The van der Waals surface area contributed by atoms with Crippen LogP contribution >= 0.6 is 0 Å². The lowest BCUT2D eigenvalue weighted by Crippen LogP contribution is -2.45. The van der Waals surface area contributed by atoms with Gasteiger partial charge in [-0.2, -0.15) is 0 Å². The van der Waals surface area contributed by atoms with E-state index in [4.69, 9.17) is 9.72 Å². The maximum Gasteiger partial charge on any atom is 0.251 e. The van der Waals surface area contributed by atoms with Crippen LogP contribution in [0, 0.1) is 0 Å². The zero-order valence-electron chi connectivity index (χ0n) is 21.5. The van der Waals surface area contributed by atoms with Gasteiger partial charge in [0.15, 0.2) is 5.65 Å². The van der Waals surface area contributed by atoms with Gasteiger partial charge in [0.05, 0.1) is 18.2 Å². The summed E-state index contributed by atoms with van der Waals surface area (Å²) < 4.78 is 7.14. The number of carbonyl (C=O) groups excluding carboxylic acids is 1. The highest BCUT2D eigenvalue weighted by atomic mass is 16.5. The van der Waals surface area contributed by atoms with Gasteiger partial charge >= 0.3 is 0 Å². The van der Waals surface area contributed by atoms with Crippen LogP contribution in [-0.2, 0) is 6.54 Å². The van der Waals surface area contributed by atoms with Gasteiger partial charge in [0.1, 0.15) is 11.6 Å². The highest BCUT2D eigenvalue weighted by Gasteiger charge is 2.24. The fourth-order valence-corrected chi connectivity index (χ4v) is 5.14. The van der Waals surface area contributed by atoms with E-state index in [1.165, 1.54) is 6.07 Å². The molecule has 1 aliphatic rings. The molecule has 37 heavy (non-hydrogen) atoms. The number of rotatable bonds is 7. The molecule has 0 spiro atoms. The van der Waals surface area contributed by atoms with Gasteiger partial charge in [-0.15, -0.1) is 0 Å². The van der Waals surface area contributed by atoms with E-state index in [1.54, 1.807) is 24.9 Å². The van der Waals surface area contributed by atoms with Crippen molar-refractivity contribution in [1.82, 2.24) is 24.8 Å². The Bertz CT molecular complexity index is 1490. The molecule has 9 heteroatoms. The Kier molecular flexibility index (Phi) is 7.05. The fraction of sp³-hybridized carbons (Fsp3) is 0.357. The lowest BCUT2D eigenvalue weighted by Gasteiger charge is -2.37. The van der Waals surface area contributed by atoms with Crippen LogP contribution in [0.2, 0.25) is 0 Å². The van der Waals surface area contributed by atoms with Crippen molar-refractivity contribution in [2.24, 2.45) is 0 Å². The third kappa shape index (κ3) is 4.99. The second-order valence-electron chi connectivity index (χ2n) is 9.41. The monoisotopic (exact) mass is 500 g/mol. The number of hydrogen-bond acceptors (Lipinski definition) is 7. The van der Waals surface area contributed by atoms with E-state index in [2.05, 4.69) is 39.3 Å². The van der Waals surface area contributed by atoms with Crippen molar-refractivity contribution in [2.75, 3.05) is 45.7 Å². The van der Waals surface area contributed by atoms with E-state index in [0.29, 0.717) is 29.4 Å². The molecule has 1 aliphatic heterocycles. The van der Waals surface area contributed by atoms with Gasteiger partial charge < -0.3 is 24.4 Å². The summed E-state index contributed by atoms with van der Waals surface area (Å²) in [5.41, 5.74) is 1.66. The molecule has 4 aromatic rings. The van der Waals surface area contributed by atoms with E-state index in [0.717, 1.165) is 54.7 Å². The van der Waals surface area contributed by atoms with Crippen LogP contribution in [0.25, 0.3) is 21.9 Å². The molecule has 0 bridgehead atoms. The highest BCUT2D eigenvalue weighted by Crippen LogP contribution is 2.24. The Morgan fingerprint density at radius 3 is 2.70 bits per heavy atom. The average Bonchev–Trinajstić information content (AvgIpc) is 2.95. The number of benzene rings is 1. The fourth-order valence-electron chi connectivity index (χ4n) is 5.14. The van der Waals surface area contributed by atoms with Crippen molar-refractivity contribution in [2.45, 2.75) is 25.4 Å². The Hall–Kier alpha value is -3.98. The number of pyridine rings is 3. The Morgan fingerprint density at radius 1 is 1.14 bits per heavy atom. The number of nitrogens with one attached hydrogen (secondary N) is 1. The average molecular weight is 501 g/mol. The number of nitrogens with zero attached hydrogens (tertiary/aromatic N) is 5. The summed E-state index contributed by atoms with van der Waals surface area (Å²) in [4.78, 5) is 39.2. The molecular weight excluding hydrogens is 468 g/mol. The van der Waals surface area contributed by atoms with Crippen LogP contribution < -0.4 is 20.5 Å². The second kappa shape index (κ2) is 10.6. The van der Waals surface area contributed by atoms with E-state index in [9.17, 15) is 9.59 Å². The molecule has 1 amide bonds. The van der Waals surface area contributed by atoms with Gasteiger partial charge in [-0.25, -0.2) is 9.97 Å². The number of piperidine rings is 1. The zero-order chi connectivity index (χ0) is 25.9. The zero-order valence-corrected chi connectivity index (χ0v) is 21.5. The van der Waals surface area contributed by atoms with Crippen LogP contribution in [0.5, 0.6) is 5.75 Å². The van der Waals surface area contributed by atoms with Crippen LogP contribution in [-0.4, -0.2) is 72.2 Å². The molecule has 3 aromatic heterocycles. The van der Waals surface area contributed by atoms with Gasteiger partial charge in [0.25, 0.3) is 11.5 Å². The molecule has 0 radical (unpaired) electrons. The number of likely N-dealkylation sites (tertiary alicyclic amines) is 1. The third-order valence-electron chi connectivity index (χ3n) is 7.35. The van der Waals surface area contributed by atoms with Crippen molar-refractivity contribution >= 4 is 33.7 Å². The minimum atomic E-state index is -0.276. The van der Waals surface area contributed by atoms with Crippen LogP contribution in [0.3, 0.4) is 0 Å².